The molecule has 0 radical (unpaired) electrons. The summed E-state index contributed by atoms with van der Waals surface area (Å²) in [7, 11) is 1.68. The van der Waals surface area contributed by atoms with Crippen molar-refractivity contribution in [1.82, 2.24) is 0 Å². The zero-order valence-corrected chi connectivity index (χ0v) is 13.9. The van der Waals surface area contributed by atoms with Gasteiger partial charge in [-0.15, -0.1) is 0 Å². The van der Waals surface area contributed by atoms with Crippen LogP contribution < -0.4 is 14.8 Å². The number of benzene rings is 2. The molecule has 0 saturated carbocycles. The van der Waals surface area contributed by atoms with Crippen LogP contribution in [0.25, 0.3) is 0 Å². The Hall–Kier alpha value is -2.20. The smallest absolute Gasteiger partial charge is 0.121 e. The summed E-state index contributed by atoms with van der Waals surface area (Å²) in [6, 6.07) is 16.2. The zero-order valence-electron chi connectivity index (χ0n) is 13.9. The largest absolute Gasteiger partial charge is 0.497 e. The van der Waals surface area contributed by atoms with Crippen LogP contribution in [0.2, 0.25) is 0 Å². The Morgan fingerprint density at radius 3 is 2.52 bits per heavy atom. The second-order valence-corrected chi connectivity index (χ2v) is 5.10. The van der Waals surface area contributed by atoms with Crippen LogP contribution in [0.3, 0.4) is 0 Å². The molecule has 0 heterocycles. The van der Waals surface area contributed by atoms with E-state index in [1.54, 1.807) is 7.11 Å². The third-order valence-electron chi connectivity index (χ3n) is 3.44. The maximum atomic E-state index is 5.66. The maximum absolute atomic E-state index is 5.66. The Balaban J connectivity index is 1.76. The molecule has 0 atom stereocenters. The van der Waals surface area contributed by atoms with Crippen LogP contribution >= 0.6 is 0 Å². The summed E-state index contributed by atoms with van der Waals surface area (Å²) >= 11 is 0. The molecule has 0 aliphatic rings. The highest BCUT2D eigenvalue weighted by Crippen LogP contribution is 2.17. The van der Waals surface area contributed by atoms with Gasteiger partial charge < -0.3 is 19.5 Å². The van der Waals surface area contributed by atoms with Crippen molar-refractivity contribution in [3.05, 3.63) is 54.1 Å². The van der Waals surface area contributed by atoms with Gasteiger partial charge in [-0.05, 0) is 43.2 Å². The molecule has 4 heteroatoms. The van der Waals surface area contributed by atoms with Crippen LogP contribution in [0.5, 0.6) is 11.5 Å². The van der Waals surface area contributed by atoms with Gasteiger partial charge in [0.25, 0.3) is 0 Å². The Morgan fingerprint density at radius 1 is 0.957 bits per heavy atom. The lowest BCUT2D eigenvalue weighted by atomic mass is 10.1. The monoisotopic (exact) mass is 315 g/mol. The molecule has 0 aliphatic carbocycles. The van der Waals surface area contributed by atoms with Gasteiger partial charge in [-0.2, -0.15) is 0 Å². The van der Waals surface area contributed by atoms with Crippen molar-refractivity contribution < 1.29 is 14.2 Å². The third-order valence-corrected chi connectivity index (χ3v) is 3.44. The van der Waals surface area contributed by atoms with Crippen molar-refractivity contribution >= 4 is 5.69 Å². The molecule has 0 bridgehead atoms. The molecule has 0 aliphatic heterocycles. The average molecular weight is 315 g/mol. The first-order valence-electron chi connectivity index (χ1n) is 7.99. The number of hydrogen-bond donors (Lipinski definition) is 1. The summed E-state index contributed by atoms with van der Waals surface area (Å²) in [5, 5.41) is 3.42. The summed E-state index contributed by atoms with van der Waals surface area (Å²) in [6.07, 6.45) is 0.958. The fourth-order valence-corrected chi connectivity index (χ4v) is 2.20. The Labute approximate surface area is 138 Å². The molecule has 0 amide bonds. The van der Waals surface area contributed by atoms with Gasteiger partial charge in [-0.25, -0.2) is 0 Å². The molecule has 4 nitrogen and oxygen atoms in total. The van der Waals surface area contributed by atoms with Crippen molar-refractivity contribution in [2.75, 3.05) is 38.8 Å². The molecule has 0 spiro atoms. The predicted molar refractivity (Wildman–Crippen MR) is 93.6 cm³/mol. The van der Waals surface area contributed by atoms with E-state index < -0.39 is 0 Å². The van der Waals surface area contributed by atoms with Crippen molar-refractivity contribution in [2.45, 2.75) is 13.3 Å². The standard InChI is InChI=1S/C19H25NO3/c1-3-22-13-14-23-19-6-4-5-17(15-19)20-12-11-16-7-9-18(21-2)10-8-16/h4-10,15,20H,3,11-14H2,1-2H3. The van der Waals surface area contributed by atoms with Crippen LogP contribution in [0.1, 0.15) is 12.5 Å². The van der Waals surface area contributed by atoms with E-state index in [2.05, 4.69) is 17.4 Å². The van der Waals surface area contributed by atoms with E-state index in [4.69, 9.17) is 14.2 Å². The molecule has 124 valence electrons. The number of nitrogens with one attached hydrogen (secondary N) is 1. The molecule has 1 N–H and O–H groups in total. The highest BCUT2D eigenvalue weighted by Gasteiger charge is 1.98. The van der Waals surface area contributed by atoms with Crippen molar-refractivity contribution in [3.8, 4) is 11.5 Å². The molecule has 0 unspecified atom stereocenters. The minimum atomic E-state index is 0.573. The zero-order chi connectivity index (χ0) is 16.3. The van der Waals surface area contributed by atoms with Crippen LogP contribution in [-0.2, 0) is 11.2 Å². The molecule has 0 aromatic heterocycles. The van der Waals surface area contributed by atoms with E-state index in [-0.39, 0.29) is 0 Å². The molecular weight excluding hydrogens is 290 g/mol. The van der Waals surface area contributed by atoms with Gasteiger partial charge in [0.2, 0.25) is 0 Å². The Morgan fingerprint density at radius 2 is 1.78 bits per heavy atom. The topological polar surface area (TPSA) is 39.7 Å². The normalized spacial score (nSPS) is 10.3. The highest BCUT2D eigenvalue weighted by atomic mass is 16.5. The lowest BCUT2D eigenvalue weighted by molar-refractivity contribution is 0.110. The molecule has 2 rings (SSSR count). The van der Waals surface area contributed by atoms with E-state index in [0.29, 0.717) is 13.2 Å². The minimum absolute atomic E-state index is 0.573. The molecule has 23 heavy (non-hydrogen) atoms. The van der Waals surface area contributed by atoms with Crippen LogP contribution in [0.4, 0.5) is 5.69 Å². The van der Waals surface area contributed by atoms with E-state index >= 15 is 0 Å². The van der Waals surface area contributed by atoms with Gasteiger partial charge in [0.05, 0.1) is 13.7 Å². The van der Waals surface area contributed by atoms with Gasteiger partial charge in [-0.1, -0.05) is 18.2 Å². The second-order valence-electron chi connectivity index (χ2n) is 5.10. The Bertz CT molecular complexity index is 569. The fraction of sp³-hybridized carbons (Fsp3) is 0.368. The lowest BCUT2D eigenvalue weighted by Gasteiger charge is -2.10. The van der Waals surface area contributed by atoms with Gasteiger partial charge in [0.1, 0.15) is 18.1 Å². The van der Waals surface area contributed by atoms with E-state index in [1.807, 2.05) is 43.3 Å². The van der Waals surface area contributed by atoms with E-state index in [9.17, 15) is 0 Å². The molecule has 2 aromatic rings. The van der Waals surface area contributed by atoms with Gasteiger partial charge in [0.15, 0.2) is 0 Å². The first-order valence-corrected chi connectivity index (χ1v) is 7.99. The lowest BCUT2D eigenvalue weighted by Crippen LogP contribution is -2.07. The fourth-order valence-electron chi connectivity index (χ4n) is 2.20. The van der Waals surface area contributed by atoms with Crippen molar-refractivity contribution in [3.63, 3.8) is 0 Å². The van der Waals surface area contributed by atoms with E-state index in [0.717, 1.165) is 36.8 Å². The minimum Gasteiger partial charge on any atom is -0.497 e. The SMILES string of the molecule is CCOCCOc1cccc(NCCc2ccc(OC)cc2)c1. The first-order chi connectivity index (χ1) is 11.3. The number of methoxy groups -OCH3 is 1. The number of anilines is 1. The van der Waals surface area contributed by atoms with Gasteiger partial charge in [-0.3, -0.25) is 0 Å². The second kappa shape index (κ2) is 9.74. The predicted octanol–water partition coefficient (Wildman–Crippen LogP) is 3.77. The average Bonchev–Trinajstić information content (AvgIpc) is 2.60. The number of hydrogen-bond acceptors (Lipinski definition) is 4. The quantitative estimate of drug-likeness (QED) is 0.678. The van der Waals surface area contributed by atoms with Crippen molar-refractivity contribution in [1.29, 1.82) is 0 Å². The van der Waals surface area contributed by atoms with Crippen molar-refractivity contribution in [2.24, 2.45) is 0 Å². The summed E-state index contributed by atoms with van der Waals surface area (Å²) in [4.78, 5) is 0. The van der Waals surface area contributed by atoms with Crippen LogP contribution in [0, 0.1) is 0 Å². The maximum Gasteiger partial charge on any atom is 0.121 e. The van der Waals surface area contributed by atoms with Gasteiger partial charge in [0, 0.05) is 24.9 Å². The number of ether oxygens (including phenoxy) is 3. The van der Waals surface area contributed by atoms with Crippen LogP contribution in [-0.4, -0.2) is 33.5 Å². The van der Waals surface area contributed by atoms with E-state index in [1.165, 1.54) is 5.56 Å². The first kappa shape index (κ1) is 17.2. The summed E-state index contributed by atoms with van der Waals surface area (Å²) in [5.74, 6) is 1.75. The Kier molecular flexibility index (Phi) is 7.27. The van der Waals surface area contributed by atoms with Gasteiger partial charge >= 0.3 is 0 Å². The molecular formula is C19H25NO3. The third kappa shape index (κ3) is 6.20. The summed E-state index contributed by atoms with van der Waals surface area (Å²) in [5.41, 5.74) is 2.34. The summed E-state index contributed by atoms with van der Waals surface area (Å²) < 4.78 is 16.1. The molecule has 0 saturated heterocycles. The molecule has 2 aromatic carbocycles. The highest BCUT2D eigenvalue weighted by molar-refractivity contribution is 5.48. The summed E-state index contributed by atoms with van der Waals surface area (Å²) in [6.45, 7) is 4.76. The molecule has 0 fully saturated rings. The van der Waals surface area contributed by atoms with Crippen LogP contribution in [0.15, 0.2) is 48.5 Å². The number of rotatable bonds is 10.